The molecule has 0 amide bonds. The second-order valence-corrected chi connectivity index (χ2v) is 5.04. The highest BCUT2D eigenvalue weighted by molar-refractivity contribution is 5.81. The van der Waals surface area contributed by atoms with Gasteiger partial charge in [-0.1, -0.05) is 26.0 Å². The number of ether oxygens (including phenoxy) is 1. The molecule has 0 aliphatic heterocycles. The zero-order chi connectivity index (χ0) is 13.2. The maximum atomic E-state index is 11.3. The van der Waals surface area contributed by atoms with Gasteiger partial charge in [-0.05, 0) is 31.4 Å². The SMILES string of the molecule is COc1cc(C(C)C)ccc1C(C)(C)C(=O)O. The van der Waals surface area contributed by atoms with E-state index in [1.54, 1.807) is 21.0 Å². The van der Waals surface area contributed by atoms with E-state index in [1.807, 2.05) is 18.2 Å². The summed E-state index contributed by atoms with van der Waals surface area (Å²) in [5.74, 6) is 0.183. The van der Waals surface area contributed by atoms with E-state index in [0.29, 0.717) is 17.2 Å². The third-order valence-electron chi connectivity index (χ3n) is 3.10. The molecule has 3 heteroatoms. The molecule has 0 radical (unpaired) electrons. The third-order valence-corrected chi connectivity index (χ3v) is 3.10. The summed E-state index contributed by atoms with van der Waals surface area (Å²) in [7, 11) is 1.57. The molecule has 0 aromatic heterocycles. The second kappa shape index (κ2) is 4.78. The van der Waals surface area contributed by atoms with E-state index in [4.69, 9.17) is 4.74 Å². The van der Waals surface area contributed by atoms with Gasteiger partial charge in [0.15, 0.2) is 0 Å². The Kier molecular flexibility index (Phi) is 3.81. The number of rotatable bonds is 4. The first-order chi connectivity index (χ1) is 7.80. The molecule has 0 unspecified atom stereocenters. The number of carboxylic acid groups (broad SMARTS) is 1. The zero-order valence-corrected chi connectivity index (χ0v) is 11.1. The third kappa shape index (κ3) is 2.60. The van der Waals surface area contributed by atoms with Gasteiger partial charge in [0.1, 0.15) is 5.75 Å². The molecule has 0 fully saturated rings. The Morgan fingerprint density at radius 2 is 1.94 bits per heavy atom. The van der Waals surface area contributed by atoms with Crippen LogP contribution in [0.5, 0.6) is 5.75 Å². The summed E-state index contributed by atoms with van der Waals surface area (Å²) in [6.07, 6.45) is 0. The van der Waals surface area contributed by atoms with Crippen LogP contribution in [0.15, 0.2) is 18.2 Å². The minimum atomic E-state index is -0.944. The van der Waals surface area contributed by atoms with Crippen LogP contribution in [0.2, 0.25) is 0 Å². The van der Waals surface area contributed by atoms with Crippen LogP contribution in [-0.2, 0) is 10.2 Å². The van der Waals surface area contributed by atoms with Crippen molar-refractivity contribution in [2.75, 3.05) is 7.11 Å². The molecule has 0 atom stereocenters. The minimum Gasteiger partial charge on any atom is -0.496 e. The Hall–Kier alpha value is -1.51. The van der Waals surface area contributed by atoms with E-state index >= 15 is 0 Å². The van der Waals surface area contributed by atoms with Crippen LogP contribution in [-0.4, -0.2) is 18.2 Å². The van der Waals surface area contributed by atoms with Crippen molar-refractivity contribution in [3.63, 3.8) is 0 Å². The topological polar surface area (TPSA) is 46.5 Å². The van der Waals surface area contributed by atoms with Crippen LogP contribution in [0.1, 0.15) is 44.7 Å². The summed E-state index contributed by atoms with van der Waals surface area (Å²) >= 11 is 0. The first-order valence-corrected chi connectivity index (χ1v) is 5.72. The smallest absolute Gasteiger partial charge is 0.313 e. The lowest BCUT2D eigenvalue weighted by molar-refractivity contribution is -0.142. The fraction of sp³-hybridized carbons (Fsp3) is 0.500. The lowest BCUT2D eigenvalue weighted by Crippen LogP contribution is -2.29. The van der Waals surface area contributed by atoms with Crippen molar-refractivity contribution in [1.29, 1.82) is 0 Å². The standard InChI is InChI=1S/C14H20O3/c1-9(2)10-6-7-11(12(8-10)17-5)14(3,4)13(15)16/h6-9H,1-5H3,(H,15,16). The molecular formula is C14H20O3. The number of aliphatic carboxylic acids is 1. The van der Waals surface area contributed by atoms with Gasteiger partial charge < -0.3 is 9.84 Å². The van der Waals surface area contributed by atoms with Crippen molar-refractivity contribution < 1.29 is 14.6 Å². The molecule has 0 bridgehead atoms. The lowest BCUT2D eigenvalue weighted by Gasteiger charge is -2.23. The van der Waals surface area contributed by atoms with Gasteiger partial charge >= 0.3 is 5.97 Å². The molecule has 0 spiro atoms. The summed E-state index contributed by atoms with van der Waals surface area (Å²) in [6, 6.07) is 5.74. The molecule has 0 saturated carbocycles. The molecule has 0 saturated heterocycles. The Balaban J connectivity index is 3.31. The summed E-state index contributed by atoms with van der Waals surface area (Å²) in [5, 5.41) is 9.24. The van der Waals surface area contributed by atoms with Gasteiger partial charge in [-0.25, -0.2) is 0 Å². The van der Waals surface area contributed by atoms with Crippen molar-refractivity contribution in [2.24, 2.45) is 0 Å². The van der Waals surface area contributed by atoms with Crippen LogP contribution in [0, 0.1) is 0 Å². The highest BCUT2D eigenvalue weighted by atomic mass is 16.5. The zero-order valence-electron chi connectivity index (χ0n) is 11.1. The highest BCUT2D eigenvalue weighted by Crippen LogP contribution is 2.34. The molecule has 17 heavy (non-hydrogen) atoms. The van der Waals surface area contributed by atoms with Crippen LogP contribution in [0.25, 0.3) is 0 Å². The van der Waals surface area contributed by atoms with Crippen LogP contribution >= 0.6 is 0 Å². The molecule has 1 aromatic carbocycles. The minimum absolute atomic E-state index is 0.394. The van der Waals surface area contributed by atoms with Gasteiger partial charge in [-0.2, -0.15) is 0 Å². The molecular weight excluding hydrogens is 216 g/mol. The van der Waals surface area contributed by atoms with Gasteiger partial charge in [0, 0.05) is 5.56 Å². The summed E-state index contributed by atoms with van der Waals surface area (Å²) in [6.45, 7) is 7.55. The molecule has 0 aliphatic carbocycles. The molecule has 94 valence electrons. The number of hydrogen-bond donors (Lipinski definition) is 1. The average molecular weight is 236 g/mol. The predicted molar refractivity (Wildman–Crippen MR) is 67.7 cm³/mol. The van der Waals surface area contributed by atoms with E-state index < -0.39 is 11.4 Å². The van der Waals surface area contributed by atoms with E-state index in [9.17, 15) is 9.90 Å². The Labute approximate surface area is 102 Å². The normalized spacial score (nSPS) is 11.6. The summed E-state index contributed by atoms with van der Waals surface area (Å²) in [5.41, 5.74) is 0.907. The molecule has 3 nitrogen and oxygen atoms in total. The van der Waals surface area contributed by atoms with E-state index in [1.165, 1.54) is 0 Å². The van der Waals surface area contributed by atoms with Crippen molar-refractivity contribution in [2.45, 2.75) is 39.0 Å². The lowest BCUT2D eigenvalue weighted by atomic mass is 9.83. The average Bonchev–Trinajstić information content (AvgIpc) is 2.27. The van der Waals surface area contributed by atoms with Gasteiger partial charge in [0.05, 0.1) is 12.5 Å². The van der Waals surface area contributed by atoms with Crippen LogP contribution < -0.4 is 4.74 Å². The quantitative estimate of drug-likeness (QED) is 0.873. The van der Waals surface area contributed by atoms with E-state index in [0.717, 1.165) is 5.56 Å². The first-order valence-electron chi connectivity index (χ1n) is 5.72. The van der Waals surface area contributed by atoms with Crippen LogP contribution in [0.3, 0.4) is 0 Å². The van der Waals surface area contributed by atoms with Gasteiger partial charge in [-0.15, -0.1) is 0 Å². The first kappa shape index (κ1) is 13.6. The summed E-state index contributed by atoms with van der Waals surface area (Å²) < 4.78 is 5.31. The maximum Gasteiger partial charge on any atom is 0.313 e. The fourth-order valence-corrected chi connectivity index (χ4v) is 1.70. The van der Waals surface area contributed by atoms with Crippen molar-refractivity contribution >= 4 is 5.97 Å². The molecule has 1 aromatic rings. The molecule has 1 rings (SSSR count). The maximum absolute atomic E-state index is 11.3. The molecule has 0 heterocycles. The van der Waals surface area contributed by atoms with Gasteiger partial charge in [0.25, 0.3) is 0 Å². The second-order valence-electron chi connectivity index (χ2n) is 5.04. The Morgan fingerprint density at radius 3 is 2.35 bits per heavy atom. The number of carboxylic acids is 1. The van der Waals surface area contributed by atoms with Crippen molar-refractivity contribution in [3.8, 4) is 5.75 Å². The monoisotopic (exact) mass is 236 g/mol. The number of hydrogen-bond acceptors (Lipinski definition) is 2. The highest BCUT2D eigenvalue weighted by Gasteiger charge is 2.32. The number of benzene rings is 1. The van der Waals surface area contributed by atoms with E-state index in [2.05, 4.69) is 13.8 Å². The summed E-state index contributed by atoms with van der Waals surface area (Å²) in [4.78, 5) is 11.3. The largest absolute Gasteiger partial charge is 0.496 e. The van der Waals surface area contributed by atoms with Gasteiger partial charge in [0.2, 0.25) is 0 Å². The van der Waals surface area contributed by atoms with Crippen molar-refractivity contribution in [1.82, 2.24) is 0 Å². The Morgan fingerprint density at radius 1 is 1.35 bits per heavy atom. The van der Waals surface area contributed by atoms with Crippen molar-refractivity contribution in [3.05, 3.63) is 29.3 Å². The van der Waals surface area contributed by atoms with Crippen LogP contribution in [0.4, 0.5) is 0 Å². The molecule has 0 aliphatic rings. The van der Waals surface area contributed by atoms with E-state index in [-0.39, 0.29) is 0 Å². The molecule has 1 N–H and O–H groups in total. The fourth-order valence-electron chi connectivity index (χ4n) is 1.70. The number of carbonyl (C=O) groups is 1. The Bertz CT molecular complexity index is 419. The van der Waals surface area contributed by atoms with Gasteiger partial charge in [-0.3, -0.25) is 4.79 Å². The predicted octanol–water partition coefficient (Wildman–Crippen LogP) is 3.18. The number of methoxy groups -OCH3 is 1.